The number of H-pyrrole nitrogens is 1. The van der Waals surface area contributed by atoms with Gasteiger partial charge in [0.25, 0.3) is 0 Å². The van der Waals surface area contributed by atoms with Gasteiger partial charge in [-0.25, -0.2) is 0 Å². The molecule has 2 rings (SSSR count). The zero-order valence-electron chi connectivity index (χ0n) is 10.3. The van der Waals surface area contributed by atoms with E-state index in [9.17, 15) is 0 Å². The van der Waals surface area contributed by atoms with Gasteiger partial charge in [0.05, 0.1) is 5.56 Å². The van der Waals surface area contributed by atoms with Crippen molar-refractivity contribution in [3.63, 3.8) is 0 Å². The van der Waals surface area contributed by atoms with Crippen LogP contribution in [0.5, 0.6) is 0 Å². The Labute approximate surface area is 125 Å². The van der Waals surface area contributed by atoms with Gasteiger partial charge in [-0.1, -0.05) is 52.4 Å². The van der Waals surface area contributed by atoms with Gasteiger partial charge in [-0.3, -0.25) is 0 Å². The third-order valence-electron chi connectivity index (χ3n) is 2.64. The summed E-state index contributed by atoms with van der Waals surface area (Å²) < 4.78 is 1.53. The Balaban J connectivity index is 2.41. The quantitative estimate of drug-likeness (QED) is 0.799. The summed E-state index contributed by atoms with van der Waals surface area (Å²) >= 11 is 8.55. The lowest BCUT2D eigenvalue weighted by Crippen LogP contribution is -1.90. The summed E-state index contributed by atoms with van der Waals surface area (Å²) in [5.41, 5.74) is 3.36. The van der Waals surface area contributed by atoms with Crippen molar-refractivity contribution in [3.05, 3.63) is 61.8 Å². The normalized spacial score (nSPS) is 10.6. The van der Waals surface area contributed by atoms with E-state index in [-0.39, 0.29) is 0 Å². The minimum Gasteiger partial charge on any atom is -0.349 e. The van der Waals surface area contributed by atoms with Crippen molar-refractivity contribution in [2.24, 2.45) is 0 Å². The summed E-state index contributed by atoms with van der Waals surface area (Å²) in [5, 5.41) is 9.15. The van der Waals surface area contributed by atoms with E-state index in [4.69, 9.17) is 17.5 Å². The molecule has 0 unspecified atom stereocenters. The van der Waals surface area contributed by atoms with Crippen molar-refractivity contribution in [1.82, 2.24) is 4.98 Å². The Morgan fingerprint density at radius 1 is 1.26 bits per heavy atom. The van der Waals surface area contributed by atoms with E-state index < -0.39 is 0 Å². The Bertz CT molecular complexity index is 721. The van der Waals surface area contributed by atoms with Crippen LogP contribution < -0.4 is 0 Å². The molecule has 0 bridgehead atoms. The molecule has 2 nitrogen and oxygen atoms in total. The fourth-order valence-electron chi connectivity index (χ4n) is 1.72. The van der Waals surface area contributed by atoms with Crippen LogP contribution in [-0.2, 0) is 0 Å². The minimum absolute atomic E-state index is 0.484. The van der Waals surface area contributed by atoms with Crippen LogP contribution in [0.15, 0.2) is 34.8 Å². The van der Waals surface area contributed by atoms with E-state index in [1.807, 2.05) is 49.4 Å². The van der Waals surface area contributed by atoms with Crippen LogP contribution in [0.3, 0.4) is 0 Å². The molecule has 4 heteroatoms. The Hall–Kier alpha value is -1.70. The SMILES string of the molecule is Cc1cc(/C=C\c2ccc(Br)cc2)c(C#N)c(=S)[nH]1. The molecular formula is C15H11BrN2S. The van der Waals surface area contributed by atoms with Gasteiger partial charge in [-0.05, 0) is 36.2 Å². The molecule has 0 aliphatic heterocycles. The second kappa shape index (κ2) is 5.96. The molecule has 1 N–H and O–H groups in total. The topological polar surface area (TPSA) is 39.6 Å². The molecule has 0 saturated heterocycles. The van der Waals surface area contributed by atoms with E-state index in [1.54, 1.807) is 0 Å². The summed E-state index contributed by atoms with van der Waals surface area (Å²) in [6, 6.07) is 12.0. The molecule has 2 aromatic rings. The highest BCUT2D eigenvalue weighted by Gasteiger charge is 2.02. The van der Waals surface area contributed by atoms with Gasteiger partial charge in [-0.2, -0.15) is 5.26 Å². The number of hydrogen-bond acceptors (Lipinski definition) is 2. The number of aromatic nitrogens is 1. The van der Waals surface area contributed by atoms with Crippen molar-refractivity contribution in [2.75, 3.05) is 0 Å². The Morgan fingerprint density at radius 2 is 1.95 bits per heavy atom. The number of nitrogens with one attached hydrogen (secondary N) is 1. The first-order valence-corrected chi connectivity index (χ1v) is 6.88. The summed E-state index contributed by atoms with van der Waals surface area (Å²) in [6.07, 6.45) is 3.88. The van der Waals surface area contributed by atoms with Crippen molar-refractivity contribution >= 4 is 40.3 Å². The molecular weight excluding hydrogens is 320 g/mol. The van der Waals surface area contributed by atoms with Crippen LogP contribution in [0, 0.1) is 22.9 Å². The molecule has 94 valence electrons. The number of nitrogens with zero attached hydrogens (tertiary/aromatic N) is 1. The maximum absolute atomic E-state index is 9.15. The molecule has 0 spiro atoms. The van der Waals surface area contributed by atoms with Crippen molar-refractivity contribution in [1.29, 1.82) is 5.26 Å². The number of hydrogen-bond donors (Lipinski definition) is 1. The minimum atomic E-state index is 0.484. The highest BCUT2D eigenvalue weighted by atomic mass is 79.9. The van der Waals surface area contributed by atoms with E-state index >= 15 is 0 Å². The molecule has 0 aliphatic carbocycles. The molecule has 0 atom stereocenters. The molecule has 1 aromatic carbocycles. The predicted octanol–water partition coefficient (Wildman–Crippen LogP) is 4.86. The lowest BCUT2D eigenvalue weighted by atomic mass is 10.1. The number of aromatic amines is 1. The first-order valence-electron chi connectivity index (χ1n) is 5.68. The van der Waals surface area contributed by atoms with Gasteiger partial charge in [-0.15, -0.1) is 0 Å². The number of pyridine rings is 1. The third-order valence-corrected chi connectivity index (χ3v) is 3.47. The van der Waals surface area contributed by atoms with Gasteiger partial charge >= 0.3 is 0 Å². The fourth-order valence-corrected chi connectivity index (χ4v) is 2.31. The van der Waals surface area contributed by atoms with E-state index in [0.29, 0.717) is 10.2 Å². The fraction of sp³-hybridized carbons (Fsp3) is 0.0667. The van der Waals surface area contributed by atoms with Crippen molar-refractivity contribution in [3.8, 4) is 6.07 Å². The highest BCUT2D eigenvalue weighted by molar-refractivity contribution is 9.10. The molecule has 0 radical (unpaired) electrons. The van der Waals surface area contributed by atoms with Gasteiger partial charge in [0.2, 0.25) is 0 Å². The number of benzene rings is 1. The zero-order valence-corrected chi connectivity index (χ0v) is 12.7. The number of halogens is 1. The van der Waals surface area contributed by atoms with Gasteiger partial charge in [0, 0.05) is 10.2 Å². The van der Waals surface area contributed by atoms with Crippen molar-refractivity contribution < 1.29 is 0 Å². The first kappa shape index (κ1) is 13.7. The maximum Gasteiger partial charge on any atom is 0.122 e. The van der Waals surface area contributed by atoms with Crippen LogP contribution in [0.2, 0.25) is 0 Å². The first-order chi connectivity index (χ1) is 9.10. The van der Waals surface area contributed by atoms with Crippen LogP contribution in [0.4, 0.5) is 0 Å². The van der Waals surface area contributed by atoms with Crippen molar-refractivity contribution in [2.45, 2.75) is 6.92 Å². The van der Waals surface area contributed by atoms with Gasteiger partial charge < -0.3 is 4.98 Å². The molecule has 0 saturated carbocycles. The molecule has 0 amide bonds. The summed E-state index contributed by atoms with van der Waals surface area (Å²) in [4.78, 5) is 2.99. The van der Waals surface area contributed by atoms with Gasteiger partial charge in [0.1, 0.15) is 10.7 Å². The smallest absolute Gasteiger partial charge is 0.122 e. The molecule has 0 aliphatic rings. The van der Waals surface area contributed by atoms with Crippen LogP contribution in [-0.4, -0.2) is 4.98 Å². The monoisotopic (exact) mass is 330 g/mol. The third kappa shape index (κ3) is 3.40. The summed E-state index contributed by atoms with van der Waals surface area (Å²) in [7, 11) is 0. The van der Waals surface area contributed by atoms with E-state index in [2.05, 4.69) is 27.0 Å². The molecule has 1 aromatic heterocycles. The average molecular weight is 331 g/mol. The maximum atomic E-state index is 9.15. The predicted molar refractivity (Wildman–Crippen MR) is 84.1 cm³/mol. The lowest BCUT2D eigenvalue weighted by Gasteiger charge is -2.01. The average Bonchev–Trinajstić information content (AvgIpc) is 2.37. The molecule has 0 fully saturated rings. The van der Waals surface area contributed by atoms with Crippen LogP contribution in [0.25, 0.3) is 12.2 Å². The molecule has 1 heterocycles. The zero-order chi connectivity index (χ0) is 13.8. The largest absolute Gasteiger partial charge is 0.349 e. The standard InChI is InChI=1S/C15H11BrN2S/c1-10-8-12(14(9-17)15(19)18-10)5-2-11-3-6-13(16)7-4-11/h2-8H,1H3,(H,18,19)/b5-2-. The Kier molecular flexibility index (Phi) is 4.31. The van der Waals surface area contributed by atoms with E-state index in [1.165, 1.54) is 0 Å². The van der Waals surface area contributed by atoms with Gasteiger partial charge in [0.15, 0.2) is 0 Å². The number of nitriles is 1. The summed E-state index contributed by atoms with van der Waals surface area (Å²) in [5.74, 6) is 0. The number of aryl methyl sites for hydroxylation is 1. The highest BCUT2D eigenvalue weighted by Crippen LogP contribution is 2.16. The number of rotatable bonds is 2. The lowest BCUT2D eigenvalue weighted by molar-refractivity contribution is 1.16. The Morgan fingerprint density at radius 3 is 2.58 bits per heavy atom. The summed E-state index contributed by atoms with van der Waals surface area (Å²) in [6.45, 7) is 1.92. The molecule has 19 heavy (non-hydrogen) atoms. The second-order valence-corrected chi connectivity index (χ2v) is 5.43. The van der Waals surface area contributed by atoms with Crippen LogP contribution in [0.1, 0.15) is 22.4 Å². The van der Waals surface area contributed by atoms with Crippen LogP contribution >= 0.6 is 28.1 Å². The second-order valence-electron chi connectivity index (χ2n) is 4.11. The van der Waals surface area contributed by atoms with E-state index in [0.717, 1.165) is 21.3 Å².